The van der Waals surface area contributed by atoms with Crippen molar-refractivity contribution in [1.29, 1.82) is 0 Å². The van der Waals surface area contributed by atoms with E-state index in [1.807, 2.05) is 13.8 Å². The molecule has 0 saturated carbocycles. The van der Waals surface area contributed by atoms with Crippen LogP contribution in [0.15, 0.2) is 0 Å². The lowest BCUT2D eigenvalue weighted by Crippen LogP contribution is -2.53. The molecule has 1 fully saturated rings. The maximum absolute atomic E-state index is 11.9. The highest BCUT2D eigenvalue weighted by atomic mass is 16.2. The van der Waals surface area contributed by atoms with Gasteiger partial charge in [0.2, 0.25) is 17.7 Å². The Hall–Kier alpha value is -1.59. The number of primary amides is 1. The monoisotopic (exact) mass is 255 g/mol. The molecule has 1 heterocycles. The van der Waals surface area contributed by atoms with E-state index in [4.69, 9.17) is 5.73 Å². The first-order chi connectivity index (χ1) is 8.34. The SMILES string of the molecule is CC(C)C(=O)N1CCN(C(=O)C(C)C(N)=O)CC1. The van der Waals surface area contributed by atoms with E-state index in [1.54, 1.807) is 9.80 Å². The number of hydrogen-bond donors (Lipinski definition) is 1. The Balaban J connectivity index is 2.52. The van der Waals surface area contributed by atoms with E-state index >= 15 is 0 Å². The number of amides is 3. The maximum atomic E-state index is 11.9. The minimum Gasteiger partial charge on any atom is -0.369 e. The Morgan fingerprint density at radius 3 is 1.61 bits per heavy atom. The molecule has 0 bridgehead atoms. The molecule has 2 N–H and O–H groups in total. The van der Waals surface area contributed by atoms with E-state index in [0.717, 1.165) is 0 Å². The average molecular weight is 255 g/mol. The topological polar surface area (TPSA) is 83.7 Å². The van der Waals surface area contributed by atoms with Crippen LogP contribution in [0.3, 0.4) is 0 Å². The van der Waals surface area contributed by atoms with E-state index in [9.17, 15) is 14.4 Å². The number of nitrogens with two attached hydrogens (primary N) is 1. The molecule has 3 amide bonds. The van der Waals surface area contributed by atoms with Crippen molar-refractivity contribution in [2.24, 2.45) is 17.6 Å². The fourth-order valence-corrected chi connectivity index (χ4v) is 1.91. The summed E-state index contributed by atoms with van der Waals surface area (Å²) in [4.78, 5) is 37.9. The second-order valence-corrected chi connectivity index (χ2v) is 4.93. The molecule has 1 aliphatic rings. The molecule has 0 radical (unpaired) electrons. The molecule has 1 atom stereocenters. The largest absolute Gasteiger partial charge is 0.369 e. The van der Waals surface area contributed by atoms with Gasteiger partial charge in [-0.25, -0.2) is 0 Å². The standard InChI is InChI=1S/C12H21N3O3/c1-8(2)11(17)14-4-6-15(7-5-14)12(18)9(3)10(13)16/h8-9H,4-7H2,1-3H3,(H2,13,16). The van der Waals surface area contributed by atoms with Gasteiger partial charge in [-0.05, 0) is 6.92 Å². The van der Waals surface area contributed by atoms with Gasteiger partial charge in [-0.1, -0.05) is 13.8 Å². The minimum absolute atomic E-state index is 0.0307. The predicted octanol–water partition coefficient (Wildman–Crippen LogP) is -0.565. The van der Waals surface area contributed by atoms with Crippen molar-refractivity contribution in [1.82, 2.24) is 9.80 Å². The zero-order valence-corrected chi connectivity index (χ0v) is 11.2. The van der Waals surface area contributed by atoms with Crippen LogP contribution in [0.4, 0.5) is 0 Å². The molecular formula is C12H21N3O3. The Morgan fingerprint density at radius 1 is 0.889 bits per heavy atom. The predicted molar refractivity (Wildman–Crippen MR) is 66.4 cm³/mol. The van der Waals surface area contributed by atoms with Gasteiger partial charge >= 0.3 is 0 Å². The third-order valence-electron chi connectivity index (χ3n) is 3.19. The molecule has 1 aliphatic heterocycles. The summed E-state index contributed by atoms with van der Waals surface area (Å²) in [6.07, 6.45) is 0. The van der Waals surface area contributed by atoms with Gasteiger partial charge in [-0.2, -0.15) is 0 Å². The molecule has 1 rings (SSSR count). The number of rotatable bonds is 3. The van der Waals surface area contributed by atoms with E-state index in [0.29, 0.717) is 26.2 Å². The first-order valence-corrected chi connectivity index (χ1v) is 6.21. The van der Waals surface area contributed by atoms with E-state index < -0.39 is 11.8 Å². The molecule has 0 aliphatic carbocycles. The summed E-state index contributed by atoms with van der Waals surface area (Å²) < 4.78 is 0. The summed E-state index contributed by atoms with van der Waals surface area (Å²) in [7, 11) is 0. The third kappa shape index (κ3) is 3.21. The highest BCUT2D eigenvalue weighted by Gasteiger charge is 2.29. The van der Waals surface area contributed by atoms with Crippen LogP contribution in [0.25, 0.3) is 0 Å². The third-order valence-corrected chi connectivity index (χ3v) is 3.19. The average Bonchev–Trinajstić information content (AvgIpc) is 2.36. The highest BCUT2D eigenvalue weighted by Crippen LogP contribution is 2.10. The molecule has 0 aromatic rings. The molecule has 1 saturated heterocycles. The molecule has 18 heavy (non-hydrogen) atoms. The second kappa shape index (κ2) is 5.84. The lowest BCUT2D eigenvalue weighted by atomic mass is 10.1. The Kier molecular flexibility index (Phi) is 4.69. The van der Waals surface area contributed by atoms with Gasteiger partial charge in [-0.3, -0.25) is 14.4 Å². The van der Waals surface area contributed by atoms with Gasteiger partial charge in [0, 0.05) is 32.1 Å². The lowest BCUT2D eigenvalue weighted by Gasteiger charge is -2.36. The number of carbonyl (C=O) groups excluding carboxylic acids is 3. The van der Waals surface area contributed by atoms with Crippen molar-refractivity contribution in [3.8, 4) is 0 Å². The number of nitrogens with zero attached hydrogens (tertiary/aromatic N) is 2. The first-order valence-electron chi connectivity index (χ1n) is 6.21. The van der Waals surface area contributed by atoms with Gasteiger partial charge in [0.25, 0.3) is 0 Å². The van der Waals surface area contributed by atoms with E-state index in [2.05, 4.69) is 0 Å². The zero-order chi connectivity index (χ0) is 13.9. The Morgan fingerprint density at radius 2 is 1.28 bits per heavy atom. The van der Waals surface area contributed by atoms with Crippen molar-refractivity contribution in [3.63, 3.8) is 0 Å². The molecule has 0 aromatic carbocycles. The molecule has 1 unspecified atom stereocenters. The van der Waals surface area contributed by atoms with E-state index in [-0.39, 0.29) is 17.7 Å². The van der Waals surface area contributed by atoms with Crippen molar-refractivity contribution in [2.45, 2.75) is 20.8 Å². The highest BCUT2D eigenvalue weighted by molar-refractivity contribution is 5.99. The lowest BCUT2D eigenvalue weighted by molar-refractivity contribution is -0.145. The summed E-state index contributed by atoms with van der Waals surface area (Å²) in [6, 6.07) is 0. The van der Waals surface area contributed by atoms with Crippen molar-refractivity contribution < 1.29 is 14.4 Å². The van der Waals surface area contributed by atoms with Crippen LogP contribution < -0.4 is 5.73 Å². The number of carbonyl (C=O) groups is 3. The fourth-order valence-electron chi connectivity index (χ4n) is 1.91. The maximum Gasteiger partial charge on any atom is 0.234 e. The van der Waals surface area contributed by atoms with Crippen molar-refractivity contribution in [2.75, 3.05) is 26.2 Å². The van der Waals surface area contributed by atoms with Crippen LogP contribution in [-0.2, 0) is 14.4 Å². The summed E-state index contributed by atoms with van der Waals surface area (Å²) in [5.74, 6) is -1.58. The molecule has 102 valence electrons. The quantitative estimate of drug-likeness (QED) is 0.686. The molecule has 6 nitrogen and oxygen atoms in total. The first kappa shape index (κ1) is 14.5. The molecule has 0 spiro atoms. The summed E-state index contributed by atoms with van der Waals surface area (Å²) in [5.41, 5.74) is 5.11. The van der Waals surface area contributed by atoms with Gasteiger partial charge in [0.05, 0.1) is 0 Å². The Bertz CT molecular complexity index is 346. The van der Waals surface area contributed by atoms with E-state index in [1.165, 1.54) is 6.92 Å². The van der Waals surface area contributed by atoms with Gasteiger partial charge in [0.15, 0.2) is 0 Å². The van der Waals surface area contributed by atoms with Crippen LogP contribution in [0.5, 0.6) is 0 Å². The van der Waals surface area contributed by atoms with Crippen molar-refractivity contribution >= 4 is 17.7 Å². The normalized spacial score (nSPS) is 17.8. The summed E-state index contributed by atoms with van der Waals surface area (Å²) in [5, 5.41) is 0. The van der Waals surface area contributed by atoms with Crippen LogP contribution in [-0.4, -0.2) is 53.7 Å². The molecular weight excluding hydrogens is 234 g/mol. The Labute approximate surface area is 107 Å². The van der Waals surface area contributed by atoms with Gasteiger partial charge < -0.3 is 15.5 Å². The fraction of sp³-hybridized carbons (Fsp3) is 0.750. The summed E-state index contributed by atoms with van der Waals surface area (Å²) in [6.45, 7) is 7.20. The summed E-state index contributed by atoms with van der Waals surface area (Å²) >= 11 is 0. The van der Waals surface area contributed by atoms with Gasteiger partial charge in [-0.15, -0.1) is 0 Å². The number of hydrogen-bond acceptors (Lipinski definition) is 3. The van der Waals surface area contributed by atoms with Crippen LogP contribution in [0.1, 0.15) is 20.8 Å². The number of piperazine rings is 1. The molecule has 0 aromatic heterocycles. The van der Waals surface area contributed by atoms with Crippen LogP contribution in [0, 0.1) is 11.8 Å². The zero-order valence-electron chi connectivity index (χ0n) is 11.2. The minimum atomic E-state index is -0.794. The second-order valence-electron chi connectivity index (χ2n) is 4.93. The van der Waals surface area contributed by atoms with Crippen LogP contribution in [0.2, 0.25) is 0 Å². The van der Waals surface area contributed by atoms with Crippen LogP contribution >= 0.6 is 0 Å². The molecule has 6 heteroatoms. The van der Waals surface area contributed by atoms with Crippen molar-refractivity contribution in [3.05, 3.63) is 0 Å². The smallest absolute Gasteiger partial charge is 0.234 e. The van der Waals surface area contributed by atoms with Gasteiger partial charge in [0.1, 0.15) is 5.92 Å².